The molecule has 0 bridgehead atoms. The van der Waals surface area contributed by atoms with Gasteiger partial charge in [-0.2, -0.15) is 0 Å². The number of nitrogens with zero attached hydrogens (tertiary/aromatic N) is 4. The Kier molecular flexibility index (Phi) is 5.39. The molecule has 170 valence electrons. The summed E-state index contributed by atoms with van der Waals surface area (Å²) < 4.78 is 26.1. The van der Waals surface area contributed by atoms with E-state index in [1.807, 2.05) is 24.4 Å². The third kappa shape index (κ3) is 3.94. The zero-order valence-corrected chi connectivity index (χ0v) is 18.4. The lowest BCUT2D eigenvalue weighted by Gasteiger charge is -2.29. The van der Waals surface area contributed by atoms with Crippen molar-refractivity contribution in [1.29, 1.82) is 0 Å². The van der Waals surface area contributed by atoms with E-state index < -0.39 is 0 Å². The summed E-state index contributed by atoms with van der Waals surface area (Å²) in [6, 6.07) is 9.12. The molecule has 0 atom stereocenters. The fourth-order valence-electron chi connectivity index (χ4n) is 4.84. The molecular formula is C25H26FN5O2. The van der Waals surface area contributed by atoms with Crippen LogP contribution in [0.4, 0.5) is 10.2 Å². The smallest absolute Gasteiger partial charge is 0.165 e. The minimum Gasteiger partial charge on any atom is -0.381 e. The second-order valence-electron chi connectivity index (χ2n) is 8.76. The molecule has 33 heavy (non-hydrogen) atoms. The highest BCUT2D eigenvalue weighted by Crippen LogP contribution is 2.33. The number of pyridine rings is 1. The predicted octanol–water partition coefficient (Wildman–Crippen LogP) is 4.12. The van der Waals surface area contributed by atoms with Gasteiger partial charge in [-0.25, -0.2) is 19.3 Å². The number of halogens is 1. The van der Waals surface area contributed by atoms with E-state index in [2.05, 4.69) is 9.88 Å². The van der Waals surface area contributed by atoms with Gasteiger partial charge >= 0.3 is 0 Å². The SMILES string of the molecule is Fc1ccc2[nH]ccc2c1-c1nc(N2CCOCC2)c2nc(CC3CCOCC3)ccc2n1. The first-order valence-corrected chi connectivity index (χ1v) is 11.6. The number of fused-ring (bicyclic) bond motifs is 2. The van der Waals surface area contributed by atoms with Crippen LogP contribution in [0.15, 0.2) is 36.5 Å². The topological polar surface area (TPSA) is 76.2 Å². The lowest BCUT2D eigenvalue weighted by atomic mass is 9.94. The molecule has 1 N–H and O–H groups in total. The van der Waals surface area contributed by atoms with Gasteiger partial charge in [-0.15, -0.1) is 0 Å². The molecule has 0 saturated carbocycles. The summed E-state index contributed by atoms with van der Waals surface area (Å²) in [5.41, 5.74) is 3.81. The van der Waals surface area contributed by atoms with Crippen molar-refractivity contribution in [3.63, 3.8) is 0 Å². The number of benzene rings is 1. The highest BCUT2D eigenvalue weighted by atomic mass is 19.1. The second-order valence-corrected chi connectivity index (χ2v) is 8.76. The molecule has 3 aromatic heterocycles. The van der Waals surface area contributed by atoms with Gasteiger partial charge in [0, 0.05) is 49.1 Å². The molecule has 0 amide bonds. The van der Waals surface area contributed by atoms with Gasteiger partial charge in [-0.05, 0) is 55.5 Å². The maximum Gasteiger partial charge on any atom is 0.165 e. The highest BCUT2D eigenvalue weighted by Gasteiger charge is 2.23. The molecule has 0 aliphatic carbocycles. The maximum absolute atomic E-state index is 15.0. The maximum atomic E-state index is 15.0. The van der Waals surface area contributed by atoms with E-state index in [1.54, 1.807) is 6.07 Å². The molecular weight excluding hydrogens is 421 g/mol. The van der Waals surface area contributed by atoms with Crippen molar-refractivity contribution < 1.29 is 13.9 Å². The van der Waals surface area contributed by atoms with E-state index in [1.165, 1.54) is 6.07 Å². The van der Waals surface area contributed by atoms with Crippen molar-refractivity contribution in [2.45, 2.75) is 19.3 Å². The number of anilines is 1. The summed E-state index contributed by atoms with van der Waals surface area (Å²) in [6.45, 7) is 4.33. The first-order valence-electron chi connectivity index (χ1n) is 11.6. The average Bonchev–Trinajstić information content (AvgIpc) is 3.33. The van der Waals surface area contributed by atoms with Gasteiger partial charge in [0.05, 0.1) is 24.3 Å². The van der Waals surface area contributed by atoms with Crippen LogP contribution in [0.1, 0.15) is 18.5 Å². The number of aromatic amines is 1. The lowest BCUT2D eigenvalue weighted by molar-refractivity contribution is 0.0663. The van der Waals surface area contributed by atoms with E-state index in [9.17, 15) is 0 Å². The third-order valence-electron chi connectivity index (χ3n) is 6.64. The van der Waals surface area contributed by atoms with Crippen LogP contribution in [-0.4, -0.2) is 59.5 Å². The van der Waals surface area contributed by atoms with Crippen LogP contribution in [0, 0.1) is 11.7 Å². The van der Waals surface area contributed by atoms with Gasteiger partial charge in [0.15, 0.2) is 11.6 Å². The monoisotopic (exact) mass is 447 g/mol. The number of aromatic nitrogens is 4. The number of ether oxygens (including phenoxy) is 2. The molecule has 6 rings (SSSR count). The van der Waals surface area contributed by atoms with Crippen molar-refractivity contribution >= 4 is 27.8 Å². The molecule has 2 aliphatic rings. The molecule has 4 aromatic rings. The minimum atomic E-state index is -0.335. The summed E-state index contributed by atoms with van der Waals surface area (Å²) in [6.07, 6.45) is 4.85. The largest absolute Gasteiger partial charge is 0.381 e. The number of H-pyrrole nitrogens is 1. The Hall–Kier alpha value is -3.10. The van der Waals surface area contributed by atoms with Gasteiger partial charge in [0.2, 0.25) is 0 Å². The summed E-state index contributed by atoms with van der Waals surface area (Å²) in [7, 11) is 0. The molecule has 0 unspecified atom stereocenters. The predicted molar refractivity (Wildman–Crippen MR) is 125 cm³/mol. The Morgan fingerprint density at radius 1 is 0.939 bits per heavy atom. The van der Waals surface area contributed by atoms with Crippen LogP contribution in [0.25, 0.3) is 33.3 Å². The molecule has 5 heterocycles. The summed E-state index contributed by atoms with van der Waals surface area (Å²) in [4.78, 5) is 20.0. The quantitative estimate of drug-likeness (QED) is 0.507. The summed E-state index contributed by atoms with van der Waals surface area (Å²) >= 11 is 0. The fourth-order valence-corrected chi connectivity index (χ4v) is 4.84. The Morgan fingerprint density at radius 3 is 2.61 bits per heavy atom. The molecule has 0 radical (unpaired) electrons. The number of hydrogen-bond acceptors (Lipinski definition) is 6. The molecule has 2 saturated heterocycles. The van der Waals surface area contributed by atoms with Crippen LogP contribution < -0.4 is 4.90 Å². The van der Waals surface area contributed by atoms with E-state index in [-0.39, 0.29) is 5.82 Å². The summed E-state index contributed by atoms with van der Waals surface area (Å²) in [5, 5.41) is 0.770. The Morgan fingerprint density at radius 2 is 1.76 bits per heavy atom. The standard InChI is InChI=1S/C25H26FN5O2/c26-19-2-4-20-18(5-8-27-20)22(19)24-29-21-3-1-17(15-16-6-11-32-12-7-16)28-23(21)25(30-24)31-9-13-33-14-10-31/h1-5,8,16,27H,6-7,9-15H2. The van der Waals surface area contributed by atoms with Gasteiger partial charge in [0.1, 0.15) is 11.3 Å². The van der Waals surface area contributed by atoms with Crippen LogP contribution in [0.2, 0.25) is 0 Å². The zero-order valence-electron chi connectivity index (χ0n) is 18.4. The second kappa shape index (κ2) is 8.68. The van der Waals surface area contributed by atoms with Crippen molar-refractivity contribution in [1.82, 2.24) is 19.9 Å². The number of nitrogens with one attached hydrogen (secondary N) is 1. The minimum absolute atomic E-state index is 0.335. The van der Waals surface area contributed by atoms with E-state index in [0.717, 1.165) is 65.9 Å². The van der Waals surface area contributed by atoms with E-state index >= 15 is 4.39 Å². The van der Waals surface area contributed by atoms with Crippen molar-refractivity contribution in [3.8, 4) is 11.4 Å². The normalized spacial score (nSPS) is 17.8. The molecule has 2 aliphatic heterocycles. The van der Waals surface area contributed by atoms with Crippen molar-refractivity contribution in [2.75, 3.05) is 44.4 Å². The van der Waals surface area contributed by atoms with Crippen LogP contribution in [-0.2, 0) is 15.9 Å². The van der Waals surface area contributed by atoms with E-state index in [4.69, 9.17) is 24.4 Å². The number of rotatable bonds is 4. The molecule has 7 nitrogen and oxygen atoms in total. The van der Waals surface area contributed by atoms with Gasteiger partial charge in [-0.1, -0.05) is 0 Å². The number of hydrogen-bond donors (Lipinski definition) is 1. The third-order valence-corrected chi connectivity index (χ3v) is 6.64. The lowest BCUT2D eigenvalue weighted by Crippen LogP contribution is -2.37. The Labute approximate surface area is 191 Å². The van der Waals surface area contributed by atoms with Crippen LogP contribution >= 0.6 is 0 Å². The molecule has 0 spiro atoms. The van der Waals surface area contributed by atoms with E-state index in [0.29, 0.717) is 43.6 Å². The molecule has 2 fully saturated rings. The van der Waals surface area contributed by atoms with Crippen LogP contribution in [0.5, 0.6) is 0 Å². The zero-order chi connectivity index (χ0) is 22.2. The van der Waals surface area contributed by atoms with Gasteiger partial charge in [-0.3, -0.25) is 0 Å². The molecule has 1 aromatic carbocycles. The van der Waals surface area contributed by atoms with Gasteiger partial charge < -0.3 is 19.4 Å². The first-order chi connectivity index (χ1) is 16.3. The fraction of sp³-hybridized carbons (Fsp3) is 0.400. The summed E-state index contributed by atoms with van der Waals surface area (Å²) in [5.74, 6) is 1.37. The average molecular weight is 448 g/mol. The van der Waals surface area contributed by atoms with Crippen molar-refractivity contribution in [2.24, 2.45) is 5.92 Å². The Balaban J connectivity index is 1.48. The highest BCUT2D eigenvalue weighted by molar-refractivity contribution is 5.96. The van der Waals surface area contributed by atoms with Crippen molar-refractivity contribution in [3.05, 3.63) is 48.0 Å². The van der Waals surface area contributed by atoms with Crippen LogP contribution in [0.3, 0.4) is 0 Å². The molecule has 8 heteroatoms. The van der Waals surface area contributed by atoms with Gasteiger partial charge in [0.25, 0.3) is 0 Å². The Bertz CT molecular complexity index is 1290. The number of morpholine rings is 1. The first kappa shape index (κ1) is 20.5.